The number of hydrogen-bond acceptors (Lipinski definition) is 7. The van der Waals surface area contributed by atoms with Gasteiger partial charge in [0.05, 0.1) is 23.2 Å². The molecule has 8 nitrogen and oxygen atoms in total. The van der Waals surface area contributed by atoms with Crippen molar-refractivity contribution in [1.82, 2.24) is 5.32 Å². The molecule has 4 rings (SSSR count). The van der Waals surface area contributed by atoms with Gasteiger partial charge >= 0.3 is 17.8 Å². The van der Waals surface area contributed by atoms with Crippen molar-refractivity contribution in [2.24, 2.45) is 5.41 Å². The number of hydrogen-bond donors (Lipinski definition) is 1. The highest BCUT2D eigenvalue weighted by molar-refractivity contribution is 6.04. The van der Waals surface area contributed by atoms with Crippen LogP contribution in [0.2, 0.25) is 0 Å². The van der Waals surface area contributed by atoms with Crippen molar-refractivity contribution in [3.8, 4) is 5.75 Å². The minimum atomic E-state index is -4.54. The van der Waals surface area contributed by atoms with Gasteiger partial charge < -0.3 is 14.8 Å². The van der Waals surface area contributed by atoms with Gasteiger partial charge in [0.15, 0.2) is 11.5 Å². The van der Waals surface area contributed by atoms with Gasteiger partial charge in [0, 0.05) is 35.4 Å². The number of benzene rings is 2. The number of rotatable bonds is 6. The Labute approximate surface area is 222 Å². The summed E-state index contributed by atoms with van der Waals surface area (Å²) in [6, 6.07) is 8.55. The smallest absolute Gasteiger partial charge is 0.416 e. The molecular formula is C28H27F3N2O6. The van der Waals surface area contributed by atoms with Crippen LogP contribution in [0.5, 0.6) is 5.75 Å². The van der Waals surface area contributed by atoms with Crippen molar-refractivity contribution in [3.63, 3.8) is 0 Å². The van der Waals surface area contributed by atoms with E-state index in [9.17, 15) is 32.9 Å². The summed E-state index contributed by atoms with van der Waals surface area (Å²) in [5.74, 6) is -1.93. The highest BCUT2D eigenvalue weighted by atomic mass is 19.4. The number of esters is 1. The van der Waals surface area contributed by atoms with Crippen LogP contribution in [0, 0.1) is 15.5 Å². The molecule has 0 fully saturated rings. The van der Waals surface area contributed by atoms with Crippen LogP contribution in [0.4, 0.5) is 18.9 Å². The van der Waals surface area contributed by atoms with Crippen LogP contribution in [0.15, 0.2) is 65.0 Å². The van der Waals surface area contributed by atoms with Gasteiger partial charge in [-0.3, -0.25) is 14.9 Å². The molecule has 0 aromatic heterocycles. The van der Waals surface area contributed by atoms with Gasteiger partial charge in [-0.1, -0.05) is 32.0 Å². The molecule has 1 atom stereocenters. The Morgan fingerprint density at radius 2 is 1.90 bits per heavy atom. The Balaban J connectivity index is 1.75. The third-order valence-electron chi connectivity index (χ3n) is 6.81. The Kier molecular flexibility index (Phi) is 7.29. The number of halogens is 3. The van der Waals surface area contributed by atoms with Crippen molar-refractivity contribution in [2.45, 2.75) is 52.3 Å². The van der Waals surface area contributed by atoms with Crippen molar-refractivity contribution >= 4 is 17.4 Å². The standard InChI is InChI=1S/C28H27F3N2O6/c1-15-23(26(35)38-4)24(25-19(32-15)12-27(2,3)13-21(25)34)17-8-9-22(20(11-17)33(36)37)39-14-16-6-5-7-18(10-16)28(29,30)31/h5-11,24,32H,12-14H2,1-4H3/t24-/m0/s1. The minimum absolute atomic E-state index is 0.163. The molecule has 0 bridgehead atoms. The monoisotopic (exact) mass is 544 g/mol. The molecule has 2 aliphatic rings. The zero-order valence-electron chi connectivity index (χ0n) is 21.8. The molecular weight excluding hydrogens is 517 g/mol. The summed E-state index contributed by atoms with van der Waals surface area (Å²) in [4.78, 5) is 37.5. The van der Waals surface area contributed by atoms with Gasteiger partial charge in [-0.25, -0.2) is 4.79 Å². The van der Waals surface area contributed by atoms with Crippen LogP contribution in [-0.4, -0.2) is 23.8 Å². The van der Waals surface area contributed by atoms with E-state index < -0.39 is 34.2 Å². The van der Waals surface area contributed by atoms with E-state index in [1.165, 1.54) is 37.4 Å². The zero-order chi connectivity index (χ0) is 28.7. The fourth-order valence-electron chi connectivity index (χ4n) is 5.13. The predicted octanol–water partition coefficient (Wildman–Crippen LogP) is 5.97. The van der Waals surface area contributed by atoms with Crippen molar-refractivity contribution < 1.29 is 37.2 Å². The van der Waals surface area contributed by atoms with Gasteiger partial charge in [0.2, 0.25) is 0 Å². The van der Waals surface area contributed by atoms with Crippen molar-refractivity contribution in [2.75, 3.05) is 7.11 Å². The molecule has 0 radical (unpaired) electrons. The number of nitrogens with one attached hydrogen (secondary N) is 1. The van der Waals surface area contributed by atoms with E-state index in [-0.39, 0.29) is 41.1 Å². The Hall–Kier alpha value is -4.15. The lowest BCUT2D eigenvalue weighted by Gasteiger charge is -2.39. The fraction of sp³-hybridized carbons (Fsp3) is 0.357. The first-order chi connectivity index (χ1) is 18.2. The molecule has 1 N–H and O–H groups in total. The number of dihydropyridines is 1. The first-order valence-electron chi connectivity index (χ1n) is 12.1. The van der Waals surface area contributed by atoms with E-state index in [2.05, 4.69) is 5.32 Å². The maximum Gasteiger partial charge on any atom is 0.416 e. The van der Waals surface area contributed by atoms with Crippen LogP contribution in [0.1, 0.15) is 56.2 Å². The van der Waals surface area contributed by atoms with Crippen molar-refractivity contribution in [1.29, 1.82) is 0 Å². The summed E-state index contributed by atoms with van der Waals surface area (Å²) < 4.78 is 49.7. The lowest BCUT2D eigenvalue weighted by molar-refractivity contribution is -0.386. The predicted molar refractivity (Wildman–Crippen MR) is 135 cm³/mol. The molecule has 0 amide bonds. The minimum Gasteiger partial charge on any atom is -0.482 e. The SMILES string of the molecule is COC(=O)C1=C(C)NC2=C(C(=O)CC(C)(C)C2)[C@H]1c1ccc(OCc2cccc(C(F)(F)F)c2)c([N+](=O)[O-])c1. The quantitative estimate of drug-likeness (QED) is 0.271. The number of nitrogens with zero attached hydrogens (tertiary/aromatic N) is 1. The first kappa shape index (κ1) is 27.9. The number of methoxy groups -OCH3 is 1. The molecule has 0 saturated carbocycles. The number of alkyl halides is 3. The summed E-state index contributed by atoms with van der Waals surface area (Å²) >= 11 is 0. The van der Waals surface area contributed by atoms with Gasteiger partial charge in [-0.05, 0) is 48.1 Å². The number of nitro groups is 1. The number of carbonyl (C=O) groups excluding carboxylic acids is 2. The van der Waals surface area contributed by atoms with E-state index >= 15 is 0 Å². The maximum atomic E-state index is 13.3. The number of Topliss-reactive ketones (excluding diaryl/α,β-unsaturated/α-hetero) is 1. The highest BCUT2D eigenvalue weighted by Gasteiger charge is 2.43. The molecule has 0 unspecified atom stereocenters. The number of carbonyl (C=O) groups is 2. The van der Waals surface area contributed by atoms with Crippen molar-refractivity contribution in [3.05, 3.63) is 91.8 Å². The second kappa shape index (κ2) is 10.2. The third kappa shape index (κ3) is 5.67. The molecule has 39 heavy (non-hydrogen) atoms. The third-order valence-corrected chi connectivity index (χ3v) is 6.81. The Bertz CT molecular complexity index is 1420. The number of ketones is 1. The van der Waals surface area contributed by atoms with Crippen LogP contribution in [-0.2, 0) is 27.1 Å². The zero-order valence-corrected chi connectivity index (χ0v) is 21.8. The lowest BCUT2D eigenvalue weighted by Crippen LogP contribution is -2.38. The fourth-order valence-corrected chi connectivity index (χ4v) is 5.13. The van der Waals surface area contributed by atoms with Gasteiger partial charge in [0.1, 0.15) is 6.61 Å². The number of allylic oxidation sites excluding steroid dienone is 3. The lowest BCUT2D eigenvalue weighted by atomic mass is 9.68. The molecule has 2 aromatic rings. The van der Waals surface area contributed by atoms with Crippen LogP contribution in [0.3, 0.4) is 0 Å². The Morgan fingerprint density at radius 1 is 1.18 bits per heavy atom. The molecule has 2 aromatic carbocycles. The molecule has 1 aliphatic heterocycles. The summed E-state index contributed by atoms with van der Waals surface area (Å²) in [6.07, 6.45) is -3.77. The number of ether oxygens (including phenoxy) is 2. The molecule has 206 valence electrons. The van der Waals surface area contributed by atoms with Gasteiger partial charge in [-0.2, -0.15) is 13.2 Å². The molecule has 1 aliphatic carbocycles. The van der Waals surface area contributed by atoms with E-state index in [1.807, 2.05) is 13.8 Å². The molecule has 11 heteroatoms. The summed E-state index contributed by atoms with van der Waals surface area (Å²) in [6.45, 7) is 5.26. The largest absolute Gasteiger partial charge is 0.482 e. The second-order valence-electron chi connectivity index (χ2n) is 10.4. The number of nitro benzene ring substituents is 1. The summed E-state index contributed by atoms with van der Waals surface area (Å²) in [5.41, 5.74) is 0.509. The average Bonchev–Trinajstić information content (AvgIpc) is 2.85. The highest BCUT2D eigenvalue weighted by Crippen LogP contribution is 2.48. The van der Waals surface area contributed by atoms with E-state index in [1.54, 1.807) is 6.92 Å². The van der Waals surface area contributed by atoms with Gasteiger partial charge in [-0.15, -0.1) is 0 Å². The van der Waals surface area contributed by atoms with E-state index in [4.69, 9.17) is 9.47 Å². The van der Waals surface area contributed by atoms with Crippen LogP contribution < -0.4 is 10.1 Å². The first-order valence-corrected chi connectivity index (χ1v) is 12.1. The molecule has 0 saturated heterocycles. The average molecular weight is 545 g/mol. The maximum absolute atomic E-state index is 13.3. The van der Waals surface area contributed by atoms with E-state index in [0.29, 0.717) is 29.0 Å². The van der Waals surface area contributed by atoms with Gasteiger partial charge in [0.25, 0.3) is 0 Å². The molecule has 1 heterocycles. The topological polar surface area (TPSA) is 108 Å². The van der Waals surface area contributed by atoms with Crippen LogP contribution >= 0.6 is 0 Å². The summed E-state index contributed by atoms with van der Waals surface area (Å²) in [5, 5.41) is 15.2. The van der Waals surface area contributed by atoms with E-state index in [0.717, 1.165) is 12.1 Å². The Morgan fingerprint density at radius 3 is 2.54 bits per heavy atom. The normalized spacial score (nSPS) is 18.8. The molecule has 0 spiro atoms. The second-order valence-corrected chi connectivity index (χ2v) is 10.4. The van der Waals surface area contributed by atoms with Crippen LogP contribution in [0.25, 0.3) is 0 Å². The summed E-state index contributed by atoms with van der Waals surface area (Å²) in [7, 11) is 1.21.